The van der Waals surface area contributed by atoms with Crippen LogP contribution in [0.15, 0.2) is 24.3 Å². The highest BCUT2D eigenvalue weighted by molar-refractivity contribution is 5.94. The van der Waals surface area contributed by atoms with E-state index >= 15 is 0 Å². The van der Waals surface area contributed by atoms with Crippen LogP contribution in [-0.2, 0) is 0 Å². The zero-order chi connectivity index (χ0) is 14.5. The van der Waals surface area contributed by atoms with E-state index in [1.165, 1.54) is 19.4 Å². The molecule has 0 aromatic heterocycles. The summed E-state index contributed by atoms with van der Waals surface area (Å²) >= 11 is 0. The minimum atomic E-state index is 0.0904. The van der Waals surface area contributed by atoms with Crippen molar-refractivity contribution < 1.29 is 4.74 Å². The van der Waals surface area contributed by atoms with E-state index in [1.807, 2.05) is 24.3 Å². The number of nitrogen functional groups attached to an aromatic ring is 1. The lowest BCUT2D eigenvalue weighted by atomic mass is 9.95. The smallest absolute Gasteiger partial charge is 0.122 e. The summed E-state index contributed by atoms with van der Waals surface area (Å²) in [5.41, 5.74) is 6.16. The summed E-state index contributed by atoms with van der Waals surface area (Å²) in [5.74, 6) is 1.72. The summed E-state index contributed by atoms with van der Waals surface area (Å²) in [6, 6.07) is 8.06. The molecule has 2 rings (SSSR count). The van der Waals surface area contributed by atoms with Gasteiger partial charge in [-0.25, -0.2) is 0 Å². The number of hydrogen-bond acceptors (Lipinski definition) is 3. The molecule has 1 heterocycles. The Bertz CT molecular complexity index is 444. The lowest BCUT2D eigenvalue weighted by Gasteiger charge is -2.36. The van der Waals surface area contributed by atoms with Crippen molar-refractivity contribution in [2.45, 2.75) is 32.7 Å². The molecule has 0 saturated carbocycles. The molecule has 110 valence electrons. The molecule has 1 aromatic carbocycles. The Balaban J connectivity index is 1.79. The van der Waals surface area contributed by atoms with E-state index in [0.717, 1.165) is 23.8 Å². The van der Waals surface area contributed by atoms with Crippen LogP contribution in [0.5, 0.6) is 5.75 Å². The molecular formula is C16H25N3O. The van der Waals surface area contributed by atoms with E-state index in [-0.39, 0.29) is 5.84 Å². The summed E-state index contributed by atoms with van der Waals surface area (Å²) < 4.78 is 5.77. The fourth-order valence-electron chi connectivity index (χ4n) is 2.70. The van der Waals surface area contributed by atoms with Crippen LogP contribution in [0.3, 0.4) is 0 Å². The van der Waals surface area contributed by atoms with Gasteiger partial charge in [-0.2, -0.15) is 0 Å². The maximum atomic E-state index is 7.35. The third-order valence-electron chi connectivity index (χ3n) is 4.06. The van der Waals surface area contributed by atoms with Gasteiger partial charge in [0.15, 0.2) is 0 Å². The minimum Gasteiger partial charge on any atom is -0.492 e. The average Bonchev–Trinajstić information content (AvgIpc) is 2.43. The van der Waals surface area contributed by atoms with Crippen LogP contribution in [0, 0.1) is 11.3 Å². The second kappa shape index (κ2) is 6.75. The van der Waals surface area contributed by atoms with Crippen LogP contribution in [0.2, 0.25) is 0 Å². The zero-order valence-corrected chi connectivity index (χ0v) is 12.4. The van der Waals surface area contributed by atoms with Gasteiger partial charge in [0.05, 0.1) is 0 Å². The first-order chi connectivity index (χ1) is 9.56. The molecular weight excluding hydrogens is 250 g/mol. The van der Waals surface area contributed by atoms with Gasteiger partial charge in [0.25, 0.3) is 0 Å². The van der Waals surface area contributed by atoms with Crippen LogP contribution in [0.1, 0.15) is 32.3 Å². The molecule has 1 fully saturated rings. The average molecular weight is 275 g/mol. The fourth-order valence-corrected chi connectivity index (χ4v) is 2.70. The summed E-state index contributed by atoms with van der Waals surface area (Å²) in [4.78, 5) is 2.51. The van der Waals surface area contributed by atoms with Gasteiger partial charge in [0.1, 0.15) is 18.2 Å². The second-order valence-corrected chi connectivity index (χ2v) is 5.81. The molecule has 3 N–H and O–H groups in total. The standard InChI is InChI=1S/C16H25N3O/c1-12-3-4-13(2)19(11-12)9-10-20-15-7-5-14(6-8-15)16(17)18/h5-8,12-13H,3-4,9-11H2,1-2H3,(H3,17,18). The number of rotatable bonds is 5. The summed E-state index contributed by atoms with van der Waals surface area (Å²) in [6.45, 7) is 7.47. The third-order valence-corrected chi connectivity index (χ3v) is 4.06. The van der Waals surface area contributed by atoms with Gasteiger partial charge in [-0.05, 0) is 49.9 Å². The monoisotopic (exact) mass is 275 g/mol. The Morgan fingerprint density at radius 2 is 2.00 bits per heavy atom. The molecule has 1 aliphatic rings. The van der Waals surface area contributed by atoms with Crippen molar-refractivity contribution in [1.82, 2.24) is 4.90 Å². The third kappa shape index (κ3) is 3.97. The van der Waals surface area contributed by atoms with E-state index in [0.29, 0.717) is 12.6 Å². The molecule has 1 aromatic rings. The Kier molecular flexibility index (Phi) is 5.01. The number of piperidine rings is 1. The lowest BCUT2D eigenvalue weighted by molar-refractivity contribution is 0.105. The Morgan fingerprint density at radius 1 is 1.30 bits per heavy atom. The van der Waals surface area contributed by atoms with Gasteiger partial charge < -0.3 is 10.5 Å². The zero-order valence-electron chi connectivity index (χ0n) is 12.4. The Hall–Kier alpha value is -1.55. The Morgan fingerprint density at radius 3 is 2.65 bits per heavy atom. The van der Waals surface area contributed by atoms with Gasteiger partial charge in [0, 0.05) is 24.7 Å². The maximum Gasteiger partial charge on any atom is 0.122 e. The van der Waals surface area contributed by atoms with Crippen LogP contribution in [-0.4, -0.2) is 36.5 Å². The molecule has 4 heteroatoms. The van der Waals surface area contributed by atoms with E-state index in [1.54, 1.807) is 0 Å². The molecule has 0 spiro atoms. The summed E-state index contributed by atoms with van der Waals surface area (Å²) in [5, 5.41) is 7.35. The number of nitrogens with zero attached hydrogens (tertiary/aromatic N) is 1. The lowest BCUT2D eigenvalue weighted by Crippen LogP contribution is -2.43. The van der Waals surface area contributed by atoms with Gasteiger partial charge in [0.2, 0.25) is 0 Å². The fraction of sp³-hybridized carbons (Fsp3) is 0.562. The molecule has 1 aliphatic heterocycles. The predicted molar refractivity (Wildman–Crippen MR) is 82.4 cm³/mol. The molecule has 0 bridgehead atoms. The highest BCUT2D eigenvalue weighted by atomic mass is 16.5. The number of likely N-dealkylation sites (tertiary alicyclic amines) is 1. The van der Waals surface area contributed by atoms with E-state index in [2.05, 4.69) is 18.7 Å². The quantitative estimate of drug-likeness (QED) is 0.641. The van der Waals surface area contributed by atoms with Crippen LogP contribution in [0.4, 0.5) is 0 Å². The normalized spacial score (nSPS) is 23.5. The van der Waals surface area contributed by atoms with Crippen LogP contribution in [0.25, 0.3) is 0 Å². The molecule has 0 radical (unpaired) electrons. The van der Waals surface area contributed by atoms with Gasteiger partial charge >= 0.3 is 0 Å². The van der Waals surface area contributed by atoms with Crippen molar-refractivity contribution in [3.63, 3.8) is 0 Å². The van der Waals surface area contributed by atoms with Crippen molar-refractivity contribution in [2.24, 2.45) is 11.7 Å². The maximum absolute atomic E-state index is 7.35. The van der Waals surface area contributed by atoms with Crippen molar-refractivity contribution in [1.29, 1.82) is 5.41 Å². The summed E-state index contributed by atoms with van der Waals surface area (Å²) in [6.07, 6.45) is 2.62. The molecule has 0 aliphatic carbocycles. The van der Waals surface area contributed by atoms with Gasteiger partial charge in [-0.3, -0.25) is 10.3 Å². The van der Waals surface area contributed by atoms with Gasteiger partial charge in [-0.1, -0.05) is 6.92 Å². The molecule has 4 nitrogen and oxygen atoms in total. The summed E-state index contributed by atoms with van der Waals surface area (Å²) in [7, 11) is 0. The van der Waals surface area contributed by atoms with Crippen LogP contribution >= 0.6 is 0 Å². The van der Waals surface area contributed by atoms with E-state index < -0.39 is 0 Å². The number of hydrogen-bond donors (Lipinski definition) is 2. The SMILES string of the molecule is CC1CCC(C)N(CCOc2ccc(C(=N)N)cc2)C1. The highest BCUT2D eigenvalue weighted by Gasteiger charge is 2.22. The number of ether oxygens (including phenoxy) is 1. The molecule has 1 saturated heterocycles. The van der Waals surface area contributed by atoms with E-state index in [9.17, 15) is 0 Å². The number of amidine groups is 1. The molecule has 2 atom stereocenters. The number of nitrogens with one attached hydrogen (secondary N) is 1. The topological polar surface area (TPSA) is 62.3 Å². The first-order valence-electron chi connectivity index (χ1n) is 7.37. The first-order valence-corrected chi connectivity index (χ1v) is 7.37. The first kappa shape index (κ1) is 14.9. The van der Waals surface area contributed by atoms with Crippen molar-refractivity contribution in [2.75, 3.05) is 19.7 Å². The highest BCUT2D eigenvalue weighted by Crippen LogP contribution is 2.21. The predicted octanol–water partition coefficient (Wildman–Crippen LogP) is 2.47. The number of benzene rings is 1. The Labute approximate surface area is 121 Å². The van der Waals surface area contributed by atoms with E-state index in [4.69, 9.17) is 15.9 Å². The minimum absolute atomic E-state index is 0.0904. The molecule has 20 heavy (non-hydrogen) atoms. The number of nitrogens with two attached hydrogens (primary N) is 1. The van der Waals surface area contributed by atoms with Crippen LogP contribution < -0.4 is 10.5 Å². The molecule has 0 amide bonds. The second-order valence-electron chi connectivity index (χ2n) is 5.81. The molecule has 2 unspecified atom stereocenters. The van der Waals surface area contributed by atoms with Crippen molar-refractivity contribution in [3.8, 4) is 5.75 Å². The van der Waals surface area contributed by atoms with Gasteiger partial charge in [-0.15, -0.1) is 0 Å². The van der Waals surface area contributed by atoms with Crippen molar-refractivity contribution in [3.05, 3.63) is 29.8 Å². The largest absolute Gasteiger partial charge is 0.492 e. The van der Waals surface area contributed by atoms with Crippen molar-refractivity contribution >= 4 is 5.84 Å².